The zero-order valence-corrected chi connectivity index (χ0v) is 15.5. The summed E-state index contributed by atoms with van der Waals surface area (Å²) in [4.78, 5) is 12.1. The molecule has 2 aromatic rings. The molecule has 2 unspecified atom stereocenters. The van der Waals surface area contributed by atoms with Gasteiger partial charge in [-0.05, 0) is 23.7 Å². The number of hydrogen-bond acceptors (Lipinski definition) is 10. The smallest absolute Gasteiger partial charge is 0.405 e. The van der Waals surface area contributed by atoms with Crippen molar-refractivity contribution in [2.24, 2.45) is 0 Å². The molecular formula is C11H9ClN2O7P2S. The van der Waals surface area contributed by atoms with Gasteiger partial charge in [0.25, 0.3) is 19.8 Å². The summed E-state index contributed by atoms with van der Waals surface area (Å²) >= 11 is 7.11. The van der Waals surface area contributed by atoms with Gasteiger partial charge in [-0.25, -0.2) is 4.79 Å². The predicted octanol–water partition coefficient (Wildman–Crippen LogP) is 3.72. The van der Waals surface area contributed by atoms with Crippen LogP contribution in [0.5, 0.6) is 5.75 Å². The molecule has 0 bridgehead atoms. The van der Waals surface area contributed by atoms with Gasteiger partial charge in [-0.2, -0.15) is 0 Å². The molecule has 2 aliphatic rings. The average Bonchev–Trinajstić information content (AvgIpc) is 3.18. The van der Waals surface area contributed by atoms with Gasteiger partial charge >= 0.3 is 6.16 Å². The molecule has 1 aromatic heterocycles. The number of aromatic nitrogens is 2. The Kier molecular flexibility index (Phi) is 3.43. The highest BCUT2D eigenvalue weighted by molar-refractivity contribution is 8.07. The first-order chi connectivity index (χ1) is 11.4. The molecule has 2 saturated heterocycles. The molecule has 128 valence electrons. The van der Waals surface area contributed by atoms with Gasteiger partial charge < -0.3 is 18.5 Å². The summed E-state index contributed by atoms with van der Waals surface area (Å²) in [7, 11) is -4.28. The summed E-state index contributed by atoms with van der Waals surface area (Å²) in [5.41, 5.74) is 0.287. The lowest BCUT2D eigenvalue weighted by molar-refractivity contribution is 0.0921. The Bertz CT molecular complexity index is 952. The van der Waals surface area contributed by atoms with E-state index in [4.69, 9.17) is 30.1 Å². The topological polar surface area (TPSA) is 114 Å². The Morgan fingerprint density at radius 3 is 2.58 bits per heavy atom. The van der Waals surface area contributed by atoms with Crippen LogP contribution in [0.3, 0.4) is 0 Å². The van der Waals surface area contributed by atoms with Crippen molar-refractivity contribution in [2.75, 3.05) is 14.2 Å². The lowest BCUT2D eigenvalue weighted by Crippen LogP contribution is -2.17. The van der Waals surface area contributed by atoms with Gasteiger partial charge in [0.15, 0.2) is 11.1 Å². The summed E-state index contributed by atoms with van der Waals surface area (Å²) in [6.07, 6.45) is -1.22. The van der Waals surface area contributed by atoms with Crippen molar-refractivity contribution >= 4 is 54.2 Å². The van der Waals surface area contributed by atoms with E-state index in [1.165, 1.54) is 20.3 Å². The van der Waals surface area contributed by atoms with E-state index in [9.17, 15) is 13.9 Å². The molecule has 24 heavy (non-hydrogen) atoms. The molecule has 0 amide bonds. The van der Waals surface area contributed by atoms with E-state index in [1.54, 1.807) is 6.07 Å². The summed E-state index contributed by atoms with van der Waals surface area (Å²) < 4.78 is 49.0. The molecule has 0 aliphatic carbocycles. The Hall–Kier alpha value is -1.02. The van der Waals surface area contributed by atoms with E-state index in [1.807, 2.05) is 0 Å². The van der Waals surface area contributed by atoms with Crippen LogP contribution in [0.15, 0.2) is 12.1 Å². The molecule has 4 rings (SSSR count). The fourth-order valence-electron chi connectivity index (χ4n) is 2.75. The van der Waals surface area contributed by atoms with E-state index in [-0.39, 0.29) is 16.3 Å². The maximum absolute atomic E-state index is 12.3. The van der Waals surface area contributed by atoms with Crippen LogP contribution in [0, 0.1) is 0 Å². The summed E-state index contributed by atoms with van der Waals surface area (Å²) in [5.74, 6) is -0.0401. The van der Waals surface area contributed by atoms with E-state index < -0.39 is 31.4 Å². The summed E-state index contributed by atoms with van der Waals surface area (Å²) in [6, 6.07) is 3.19. The van der Waals surface area contributed by atoms with Crippen LogP contribution in [0.25, 0.3) is 10.2 Å². The third-order valence-electron chi connectivity index (χ3n) is 4.03. The maximum Gasteiger partial charge on any atom is 0.515 e. The number of ether oxygens (including phenoxy) is 2. The van der Waals surface area contributed by atoms with E-state index in [0.717, 1.165) is 11.5 Å². The van der Waals surface area contributed by atoms with Crippen LogP contribution in [-0.2, 0) is 22.9 Å². The minimum atomic E-state index is -3.34. The largest absolute Gasteiger partial charge is 0.515 e. The van der Waals surface area contributed by atoms with Crippen LogP contribution in [0.4, 0.5) is 4.79 Å². The van der Waals surface area contributed by atoms with E-state index in [0.29, 0.717) is 4.70 Å². The molecule has 2 aliphatic heterocycles. The second-order valence-corrected chi connectivity index (χ2v) is 12.5. The Labute approximate surface area is 144 Å². The predicted molar refractivity (Wildman–Crippen MR) is 85.3 cm³/mol. The number of benzene rings is 1. The number of carbonyl (C=O) groups excluding carboxylic acids is 1. The van der Waals surface area contributed by atoms with Gasteiger partial charge in [0.2, 0.25) is 0 Å². The first-order valence-corrected chi connectivity index (χ1v) is 11.0. The fourth-order valence-corrected chi connectivity index (χ4v) is 13.0. The maximum atomic E-state index is 12.3. The van der Waals surface area contributed by atoms with E-state index in [2.05, 4.69) is 9.59 Å². The highest BCUT2D eigenvalue weighted by atomic mass is 35.5. The molecule has 2 atom stereocenters. The van der Waals surface area contributed by atoms with Gasteiger partial charge in [-0.15, -0.1) is 5.10 Å². The highest BCUT2D eigenvalue weighted by Gasteiger charge is 3.11. The van der Waals surface area contributed by atoms with Crippen LogP contribution >= 0.6 is 37.9 Å². The lowest BCUT2D eigenvalue weighted by Gasteiger charge is -2.16. The van der Waals surface area contributed by atoms with Crippen molar-refractivity contribution in [1.29, 1.82) is 0 Å². The second kappa shape index (κ2) is 5.00. The monoisotopic (exact) mass is 410 g/mol. The lowest BCUT2D eigenvalue weighted by atomic mass is 10.3. The van der Waals surface area contributed by atoms with Crippen molar-refractivity contribution < 1.29 is 32.4 Å². The summed E-state index contributed by atoms with van der Waals surface area (Å²) in [6.45, 7) is 0. The molecule has 9 nitrogen and oxygen atoms in total. The van der Waals surface area contributed by atoms with Crippen LogP contribution in [-0.4, -0.2) is 40.4 Å². The Morgan fingerprint density at radius 1 is 1.29 bits per heavy atom. The van der Waals surface area contributed by atoms with Crippen molar-refractivity contribution in [3.63, 3.8) is 0 Å². The minimum Gasteiger partial charge on any atom is -0.405 e. The number of fused-ring (bicyclic) bond motifs is 2. The van der Waals surface area contributed by atoms with Crippen LogP contribution in [0.1, 0.15) is 0 Å². The molecule has 0 spiro atoms. The van der Waals surface area contributed by atoms with E-state index >= 15 is 0 Å². The summed E-state index contributed by atoms with van der Waals surface area (Å²) in [5, 5.41) is 1.30. The van der Waals surface area contributed by atoms with Gasteiger partial charge in [0.1, 0.15) is 5.52 Å². The quantitative estimate of drug-likeness (QED) is 0.422. The van der Waals surface area contributed by atoms with Crippen molar-refractivity contribution in [1.82, 2.24) is 9.59 Å². The SMILES string of the molecule is COP1(=O)C2C1(OC(=O)Oc1c(Cl)ccc3snnc13)P2(=O)OC. The molecule has 0 radical (unpaired) electrons. The Balaban J connectivity index is 1.60. The third kappa shape index (κ3) is 1.76. The molecule has 3 heterocycles. The van der Waals surface area contributed by atoms with Gasteiger partial charge in [-0.3, -0.25) is 9.13 Å². The van der Waals surface area contributed by atoms with Crippen molar-refractivity contribution in [3.05, 3.63) is 17.2 Å². The zero-order chi connectivity index (χ0) is 17.3. The number of halogens is 1. The van der Waals surface area contributed by atoms with Gasteiger partial charge in [0, 0.05) is 14.2 Å². The van der Waals surface area contributed by atoms with Gasteiger partial charge in [0.05, 0.1) is 9.72 Å². The minimum absolute atomic E-state index is 0.0401. The Morgan fingerprint density at radius 2 is 1.96 bits per heavy atom. The number of carbonyl (C=O) groups is 1. The molecule has 13 heteroatoms. The first-order valence-electron chi connectivity index (χ1n) is 6.48. The number of hydrogen-bond donors (Lipinski definition) is 0. The number of rotatable bonds is 4. The van der Waals surface area contributed by atoms with Crippen LogP contribution in [0.2, 0.25) is 5.02 Å². The number of nitrogens with zero attached hydrogens (tertiary/aromatic N) is 2. The molecule has 0 saturated carbocycles. The fraction of sp³-hybridized carbons (Fsp3) is 0.364. The molecule has 1 aromatic carbocycles. The molecular weight excluding hydrogens is 402 g/mol. The second-order valence-electron chi connectivity index (χ2n) is 5.04. The normalized spacial score (nSPS) is 36.2. The standard InChI is InChI=1S/C11H9ClN2O7P2S/c1-18-22(16)9-11(22,23(9,17)19-2)21-10(15)20-8-5(12)3-4-6-7(8)13-14-24-6/h3-4,9H,1-2H3. The van der Waals surface area contributed by atoms with Crippen LogP contribution < -0.4 is 4.74 Å². The highest BCUT2D eigenvalue weighted by Crippen LogP contribution is 3.18. The van der Waals surface area contributed by atoms with Crippen molar-refractivity contribution in [2.45, 2.75) is 10.5 Å². The zero-order valence-electron chi connectivity index (χ0n) is 12.2. The third-order valence-corrected chi connectivity index (χ3v) is 13.9. The van der Waals surface area contributed by atoms with Gasteiger partial charge in [-0.1, -0.05) is 16.1 Å². The molecule has 2 fully saturated rings. The van der Waals surface area contributed by atoms with Crippen molar-refractivity contribution in [3.8, 4) is 5.75 Å². The molecule has 0 N–H and O–H groups in total. The average molecular weight is 411 g/mol. The first kappa shape index (κ1) is 16.4.